The van der Waals surface area contributed by atoms with Gasteiger partial charge in [0.15, 0.2) is 0 Å². The van der Waals surface area contributed by atoms with E-state index >= 15 is 0 Å². The van der Waals surface area contributed by atoms with Crippen molar-refractivity contribution < 1.29 is 14.4 Å². The number of unbranched alkanes of at least 4 members (excludes halogenated alkanes) is 2. The first-order valence-electron chi connectivity index (χ1n) is 8.09. The van der Waals surface area contributed by atoms with E-state index in [0.29, 0.717) is 13.0 Å². The van der Waals surface area contributed by atoms with Crippen LogP contribution in [0.4, 0.5) is 0 Å². The maximum absolute atomic E-state index is 12.0. The molecule has 0 saturated carbocycles. The largest absolute Gasteiger partial charge is 0.344 e. The monoisotopic (exact) mass is 321 g/mol. The van der Waals surface area contributed by atoms with Gasteiger partial charge in [0.1, 0.15) is 0 Å². The molecule has 0 fully saturated rings. The summed E-state index contributed by atoms with van der Waals surface area (Å²) in [7, 11) is 0. The van der Waals surface area contributed by atoms with Crippen molar-refractivity contribution in [3.8, 4) is 0 Å². The third kappa shape index (κ3) is 8.32. The average Bonchev–Trinajstić information content (AvgIpc) is 2.55. The molecule has 0 aliphatic rings. The van der Waals surface area contributed by atoms with Gasteiger partial charge in [0, 0.05) is 12.3 Å². The fraction of sp³-hybridized carbons (Fsp3) is 0.529. The molecule has 2 amide bonds. The summed E-state index contributed by atoms with van der Waals surface area (Å²) in [6, 6.07) is 9.55. The SMILES string of the molecule is CCCCC[C@H](CC(=O)NOCc1ccccc1)C(=O)NCN. The summed E-state index contributed by atoms with van der Waals surface area (Å²) >= 11 is 0. The molecule has 4 N–H and O–H groups in total. The summed E-state index contributed by atoms with van der Waals surface area (Å²) < 4.78 is 0. The van der Waals surface area contributed by atoms with Crippen molar-refractivity contribution in [2.45, 2.75) is 45.6 Å². The topological polar surface area (TPSA) is 93.4 Å². The second-order valence-corrected chi connectivity index (χ2v) is 5.44. The summed E-state index contributed by atoms with van der Waals surface area (Å²) in [4.78, 5) is 29.1. The summed E-state index contributed by atoms with van der Waals surface area (Å²) in [6.07, 6.45) is 3.80. The summed E-state index contributed by atoms with van der Waals surface area (Å²) in [5.74, 6) is -0.846. The first kappa shape index (κ1) is 19.1. The minimum Gasteiger partial charge on any atom is -0.344 e. The van der Waals surface area contributed by atoms with Gasteiger partial charge in [-0.1, -0.05) is 56.5 Å². The van der Waals surface area contributed by atoms with Crippen LogP contribution in [0.5, 0.6) is 0 Å². The van der Waals surface area contributed by atoms with E-state index in [4.69, 9.17) is 10.6 Å². The minimum absolute atomic E-state index is 0.0786. The van der Waals surface area contributed by atoms with Gasteiger partial charge < -0.3 is 11.1 Å². The standard InChI is InChI=1S/C17H27N3O3/c1-2-3-5-10-15(17(22)19-13-18)11-16(21)20-23-12-14-8-6-4-7-9-14/h4,6-9,15H,2-3,5,10-13,18H2,1H3,(H,19,22)(H,20,21)/t15-/m1/s1. The third-order valence-corrected chi connectivity index (χ3v) is 3.50. The summed E-state index contributed by atoms with van der Waals surface area (Å²) in [6.45, 7) is 2.47. The molecule has 0 unspecified atom stereocenters. The normalized spacial score (nSPS) is 11.7. The van der Waals surface area contributed by atoms with Crippen molar-refractivity contribution in [3.63, 3.8) is 0 Å². The average molecular weight is 321 g/mol. The molecule has 1 aromatic rings. The lowest BCUT2D eigenvalue weighted by molar-refractivity contribution is -0.139. The first-order chi connectivity index (χ1) is 11.2. The molecule has 1 atom stereocenters. The van der Waals surface area contributed by atoms with Crippen LogP contribution in [-0.4, -0.2) is 18.5 Å². The van der Waals surface area contributed by atoms with Gasteiger partial charge in [-0.05, 0) is 12.0 Å². The Morgan fingerprint density at radius 2 is 1.96 bits per heavy atom. The van der Waals surface area contributed by atoms with Crippen LogP contribution < -0.4 is 16.5 Å². The van der Waals surface area contributed by atoms with Crippen LogP contribution in [0.15, 0.2) is 30.3 Å². The molecule has 0 bridgehead atoms. The van der Waals surface area contributed by atoms with Crippen molar-refractivity contribution in [1.29, 1.82) is 0 Å². The predicted octanol–water partition coefficient (Wildman–Crippen LogP) is 1.85. The van der Waals surface area contributed by atoms with Crippen molar-refractivity contribution in [2.24, 2.45) is 11.7 Å². The lowest BCUT2D eigenvalue weighted by atomic mass is 9.96. The molecule has 128 valence electrons. The van der Waals surface area contributed by atoms with E-state index in [1.54, 1.807) is 0 Å². The van der Waals surface area contributed by atoms with E-state index in [1.165, 1.54) is 0 Å². The maximum Gasteiger partial charge on any atom is 0.244 e. The fourth-order valence-electron chi connectivity index (χ4n) is 2.25. The molecular formula is C17H27N3O3. The fourth-order valence-corrected chi connectivity index (χ4v) is 2.25. The van der Waals surface area contributed by atoms with E-state index in [9.17, 15) is 9.59 Å². The zero-order chi connectivity index (χ0) is 16.9. The molecule has 0 saturated heterocycles. The Kier molecular flexibility index (Phi) is 9.66. The van der Waals surface area contributed by atoms with Crippen LogP contribution in [0.2, 0.25) is 0 Å². The number of carbonyl (C=O) groups excluding carboxylic acids is 2. The number of hydrogen-bond acceptors (Lipinski definition) is 4. The number of benzene rings is 1. The van der Waals surface area contributed by atoms with E-state index in [0.717, 1.165) is 24.8 Å². The highest BCUT2D eigenvalue weighted by atomic mass is 16.6. The lowest BCUT2D eigenvalue weighted by Gasteiger charge is -2.16. The Morgan fingerprint density at radius 1 is 1.22 bits per heavy atom. The highest BCUT2D eigenvalue weighted by Crippen LogP contribution is 2.14. The van der Waals surface area contributed by atoms with Gasteiger partial charge in [0.2, 0.25) is 11.8 Å². The number of nitrogens with one attached hydrogen (secondary N) is 2. The number of hydrogen-bond donors (Lipinski definition) is 3. The van der Waals surface area contributed by atoms with Crippen molar-refractivity contribution in [3.05, 3.63) is 35.9 Å². The molecule has 0 aliphatic heterocycles. The van der Waals surface area contributed by atoms with Crippen LogP contribution >= 0.6 is 0 Å². The predicted molar refractivity (Wildman–Crippen MR) is 88.8 cm³/mol. The van der Waals surface area contributed by atoms with Gasteiger partial charge in [0.05, 0.1) is 13.3 Å². The van der Waals surface area contributed by atoms with Gasteiger partial charge in [-0.15, -0.1) is 0 Å². The summed E-state index contributed by atoms with van der Waals surface area (Å²) in [5.41, 5.74) is 8.71. The maximum atomic E-state index is 12.0. The second-order valence-electron chi connectivity index (χ2n) is 5.44. The molecule has 0 spiro atoms. The van der Waals surface area contributed by atoms with Gasteiger partial charge >= 0.3 is 0 Å². The van der Waals surface area contributed by atoms with Gasteiger partial charge in [0.25, 0.3) is 0 Å². The van der Waals surface area contributed by atoms with E-state index in [-0.39, 0.29) is 30.8 Å². The number of hydroxylamine groups is 1. The zero-order valence-corrected chi connectivity index (χ0v) is 13.7. The van der Waals surface area contributed by atoms with Gasteiger partial charge in [-0.25, -0.2) is 5.48 Å². The van der Waals surface area contributed by atoms with Crippen LogP contribution in [0.3, 0.4) is 0 Å². The first-order valence-corrected chi connectivity index (χ1v) is 8.09. The van der Waals surface area contributed by atoms with Crippen molar-refractivity contribution in [2.75, 3.05) is 6.67 Å². The molecule has 23 heavy (non-hydrogen) atoms. The highest BCUT2D eigenvalue weighted by molar-refractivity contribution is 5.85. The highest BCUT2D eigenvalue weighted by Gasteiger charge is 2.21. The van der Waals surface area contributed by atoms with E-state index < -0.39 is 0 Å². The van der Waals surface area contributed by atoms with Gasteiger partial charge in [-0.3, -0.25) is 14.4 Å². The second kappa shape index (κ2) is 11.6. The molecule has 0 radical (unpaired) electrons. The van der Waals surface area contributed by atoms with Crippen molar-refractivity contribution >= 4 is 11.8 Å². The molecule has 0 aromatic heterocycles. The Bertz CT molecular complexity index is 465. The molecule has 0 aliphatic carbocycles. The number of amides is 2. The number of nitrogens with two attached hydrogens (primary N) is 1. The van der Waals surface area contributed by atoms with E-state index in [2.05, 4.69) is 17.7 Å². The Hall–Kier alpha value is -1.92. The lowest BCUT2D eigenvalue weighted by Crippen LogP contribution is -2.37. The minimum atomic E-state index is -0.370. The molecule has 1 aromatic carbocycles. The molecule has 6 nitrogen and oxygen atoms in total. The molecule has 6 heteroatoms. The Labute approximate surface area is 137 Å². The van der Waals surface area contributed by atoms with Gasteiger partial charge in [-0.2, -0.15) is 0 Å². The third-order valence-electron chi connectivity index (χ3n) is 3.50. The van der Waals surface area contributed by atoms with Crippen molar-refractivity contribution in [1.82, 2.24) is 10.8 Å². The Balaban J connectivity index is 2.37. The van der Waals surface area contributed by atoms with Crippen LogP contribution in [-0.2, 0) is 21.0 Å². The number of rotatable bonds is 11. The number of carbonyl (C=O) groups is 2. The van der Waals surface area contributed by atoms with E-state index in [1.807, 2.05) is 30.3 Å². The summed E-state index contributed by atoms with van der Waals surface area (Å²) in [5, 5.41) is 2.58. The van der Waals surface area contributed by atoms with Crippen LogP contribution in [0.1, 0.15) is 44.6 Å². The quantitative estimate of drug-likeness (QED) is 0.329. The molecule has 1 rings (SSSR count). The van der Waals surface area contributed by atoms with Crippen LogP contribution in [0.25, 0.3) is 0 Å². The smallest absolute Gasteiger partial charge is 0.244 e. The zero-order valence-electron chi connectivity index (χ0n) is 13.7. The molecule has 0 heterocycles. The Morgan fingerprint density at radius 3 is 2.61 bits per heavy atom. The van der Waals surface area contributed by atoms with Crippen LogP contribution in [0, 0.1) is 5.92 Å². The molecular weight excluding hydrogens is 294 g/mol.